The molecule has 47 heavy (non-hydrogen) atoms. The number of methoxy groups -OCH3 is 1. The van der Waals surface area contributed by atoms with E-state index >= 15 is 0 Å². The van der Waals surface area contributed by atoms with Gasteiger partial charge in [0.05, 0.1) is 26.3 Å². The van der Waals surface area contributed by atoms with Gasteiger partial charge in [0, 0.05) is 43.2 Å². The number of piperazine rings is 1. The lowest BCUT2D eigenvalue weighted by Crippen LogP contribution is -2.61. The van der Waals surface area contributed by atoms with Crippen LogP contribution < -0.4 is 14.8 Å². The van der Waals surface area contributed by atoms with Gasteiger partial charge in [-0.1, -0.05) is 24.3 Å². The van der Waals surface area contributed by atoms with Gasteiger partial charge in [-0.05, 0) is 79.1 Å². The van der Waals surface area contributed by atoms with E-state index in [2.05, 4.69) is 5.32 Å². The van der Waals surface area contributed by atoms with E-state index in [1.165, 1.54) is 26.2 Å². The van der Waals surface area contributed by atoms with Crippen LogP contribution in [0.5, 0.6) is 11.5 Å². The summed E-state index contributed by atoms with van der Waals surface area (Å²) in [6.45, 7) is 2.63. The number of hydrogen-bond donors (Lipinski definition) is 1. The quantitative estimate of drug-likeness (QED) is 0.161. The maximum atomic E-state index is 14.6. The van der Waals surface area contributed by atoms with E-state index in [0.717, 1.165) is 35.6 Å². The van der Waals surface area contributed by atoms with E-state index in [1.54, 1.807) is 15.9 Å². The highest BCUT2D eigenvalue weighted by Gasteiger charge is 2.43. The maximum absolute atomic E-state index is 14.6. The Kier molecular flexibility index (Phi) is 9.54. The highest BCUT2D eigenvalue weighted by Crippen LogP contribution is 2.38. The smallest absolute Gasteiger partial charge is 0.252 e. The van der Waals surface area contributed by atoms with Gasteiger partial charge in [-0.25, -0.2) is 13.2 Å². The van der Waals surface area contributed by atoms with Gasteiger partial charge in [0.2, 0.25) is 11.7 Å². The highest BCUT2D eigenvalue weighted by atomic mass is 19.2. The SMILES string of the molecule is COc1ccc(F)cc1CN(C(=O)C1=C(c2ccc(CCCOc3c(F)ccc(F)c3F)cc2)C[C@@H]2CN(C(C)=O)C[C@H]1N2)C1CC1. The molecule has 248 valence electrons. The first kappa shape index (κ1) is 32.6. The molecule has 0 spiro atoms. The van der Waals surface area contributed by atoms with Crippen LogP contribution in [-0.4, -0.2) is 66.5 Å². The molecule has 3 aromatic carbocycles. The van der Waals surface area contributed by atoms with Gasteiger partial charge in [0.25, 0.3) is 5.91 Å². The van der Waals surface area contributed by atoms with E-state index in [9.17, 15) is 27.2 Å². The molecule has 2 aliphatic heterocycles. The van der Waals surface area contributed by atoms with Crippen LogP contribution in [0.4, 0.5) is 17.6 Å². The largest absolute Gasteiger partial charge is 0.496 e. The average Bonchev–Trinajstić information content (AvgIpc) is 3.90. The number of carbonyl (C=O) groups excluding carboxylic acids is 2. The third-order valence-electron chi connectivity index (χ3n) is 9.07. The maximum Gasteiger partial charge on any atom is 0.252 e. The molecular weight excluding hydrogens is 614 g/mol. The molecule has 11 heteroatoms. The minimum Gasteiger partial charge on any atom is -0.496 e. The minimum absolute atomic E-state index is 0.00235. The Morgan fingerprint density at radius 3 is 2.43 bits per heavy atom. The molecule has 0 unspecified atom stereocenters. The van der Waals surface area contributed by atoms with Crippen molar-refractivity contribution in [1.82, 2.24) is 15.1 Å². The van der Waals surface area contributed by atoms with Gasteiger partial charge in [-0.3, -0.25) is 9.59 Å². The zero-order valence-electron chi connectivity index (χ0n) is 26.3. The first-order valence-corrected chi connectivity index (χ1v) is 15.9. The molecule has 2 bridgehead atoms. The van der Waals surface area contributed by atoms with Crippen LogP contribution in [0.2, 0.25) is 0 Å². The Morgan fingerprint density at radius 2 is 1.72 bits per heavy atom. The van der Waals surface area contributed by atoms with Crippen molar-refractivity contribution in [3.8, 4) is 11.5 Å². The van der Waals surface area contributed by atoms with Crippen LogP contribution in [0.1, 0.15) is 49.3 Å². The van der Waals surface area contributed by atoms with Crippen molar-refractivity contribution in [2.75, 3.05) is 26.8 Å². The summed E-state index contributed by atoms with van der Waals surface area (Å²) in [6, 6.07) is 13.3. The molecule has 3 aromatic rings. The first-order valence-electron chi connectivity index (χ1n) is 15.9. The lowest BCUT2D eigenvalue weighted by Gasteiger charge is -2.44. The summed E-state index contributed by atoms with van der Waals surface area (Å²) in [7, 11) is 1.52. The van der Waals surface area contributed by atoms with Crippen molar-refractivity contribution in [1.29, 1.82) is 0 Å². The van der Waals surface area contributed by atoms with E-state index in [4.69, 9.17) is 9.47 Å². The summed E-state index contributed by atoms with van der Waals surface area (Å²) in [6.07, 6.45) is 3.23. The zero-order chi connectivity index (χ0) is 33.2. The van der Waals surface area contributed by atoms with E-state index in [0.29, 0.717) is 55.3 Å². The number of rotatable bonds is 11. The van der Waals surface area contributed by atoms with Crippen LogP contribution in [-0.2, 0) is 22.6 Å². The molecule has 1 saturated heterocycles. The molecule has 1 saturated carbocycles. The molecule has 2 amide bonds. The zero-order valence-corrected chi connectivity index (χ0v) is 26.3. The van der Waals surface area contributed by atoms with Crippen molar-refractivity contribution in [3.05, 3.63) is 100 Å². The highest BCUT2D eigenvalue weighted by molar-refractivity contribution is 6.03. The van der Waals surface area contributed by atoms with Crippen molar-refractivity contribution < 1.29 is 36.6 Å². The van der Waals surface area contributed by atoms with E-state index < -0.39 is 29.0 Å². The monoisotopic (exact) mass is 651 g/mol. The standard InChI is InChI=1S/C36H37F4N3O4/c1-21(44)42-19-26-17-28(23-7-5-22(6-8-23)4-3-15-47-35-30(39)13-12-29(38)34(35)40)33(31(20-42)41-26)36(45)43(27-10-11-27)18-24-16-25(37)9-14-32(24)46-2/h5-9,12-14,16,26-27,31,41H,3-4,10-11,15,17-20H2,1-2H3/t26-,31-/m1/s1. The number of benzene rings is 3. The molecule has 1 aliphatic carbocycles. The van der Waals surface area contributed by atoms with Crippen LogP contribution in [0.3, 0.4) is 0 Å². The molecule has 2 atom stereocenters. The Balaban J connectivity index is 1.24. The number of carbonyl (C=O) groups is 2. The van der Waals surface area contributed by atoms with Crippen molar-refractivity contribution in [2.45, 2.75) is 63.7 Å². The fourth-order valence-electron chi connectivity index (χ4n) is 6.55. The number of fused-ring (bicyclic) bond motifs is 2. The number of hydrogen-bond acceptors (Lipinski definition) is 5. The van der Waals surface area contributed by atoms with Gasteiger partial charge in [-0.2, -0.15) is 4.39 Å². The summed E-state index contributed by atoms with van der Waals surface area (Å²) < 4.78 is 66.2. The summed E-state index contributed by atoms with van der Waals surface area (Å²) in [5.41, 5.74) is 3.96. The molecule has 6 rings (SSSR count). The Hall–Kier alpha value is -4.38. The molecular formula is C36H37F4N3O4. The van der Waals surface area contributed by atoms with Crippen LogP contribution in [0.15, 0.2) is 60.2 Å². The summed E-state index contributed by atoms with van der Waals surface area (Å²) in [4.78, 5) is 30.5. The van der Waals surface area contributed by atoms with Crippen LogP contribution >= 0.6 is 0 Å². The predicted molar refractivity (Wildman–Crippen MR) is 168 cm³/mol. The summed E-state index contributed by atoms with van der Waals surface area (Å²) in [5, 5.41) is 3.57. The second-order valence-corrected chi connectivity index (χ2v) is 12.4. The predicted octanol–water partition coefficient (Wildman–Crippen LogP) is 5.80. The molecule has 3 aliphatic rings. The van der Waals surface area contributed by atoms with Gasteiger partial charge in [0.15, 0.2) is 17.4 Å². The number of nitrogens with zero attached hydrogens (tertiary/aromatic N) is 2. The van der Waals surface area contributed by atoms with E-state index in [-0.39, 0.29) is 43.1 Å². The lowest BCUT2D eigenvalue weighted by atomic mass is 9.82. The third kappa shape index (κ3) is 7.15. The number of ether oxygens (including phenoxy) is 2. The van der Waals surface area contributed by atoms with Crippen molar-refractivity contribution >= 4 is 17.4 Å². The topological polar surface area (TPSA) is 71.1 Å². The summed E-state index contributed by atoms with van der Waals surface area (Å²) in [5.74, 6) is -4.29. The van der Waals surface area contributed by atoms with Gasteiger partial charge < -0.3 is 24.6 Å². The van der Waals surface area contributed by atoms with Gasteiger partial charge in [0.1, 0.15) is 11.6 Å². The number of aryl methyl sites for hydroxylation is 1. The summed E-state index contributed by atoms with van der Waals surface area (Å²) >= 11 is 0. The van der Waals surface area contributed by atoms with Crippen molar-refractivity contribution in [2.24, 2.45) is 0 Å². The fourth-order valence-corrected chi connectivity index (χ4v) is 6.55. The van der Waals surface area contributed by atoms with E-state index in [1.807, 2.05) is 24.3 Å². The molecule has 7 nitrogen and oxygen atoms in total. The lowest BCUT2D eigenvalue weighted by molar-refractivity contribution is -0.132. The number of amides is 2. The number of nitrogens with one attached hydrogen (secondary N) is 1. The third-order valence-corrected chi connectivity index (χ3v) is 9.07. The molecule has 0 radical (unpaired) electrons. The fraction of sp³-hybridized carbons (Fsp3) is 0.389. The van der Waals surface area contributed by atoms with Gasteiger partial charge >= 0.3 is 0 Å². The van der Waals surface area contributed by atoms with Gasteiger partial charge in [-0.15, -0.1) is 0 Å². The first-order chi connectivity index (χ1) is 22.6. The average molecular weight is 652 g/mol. The van der Waals surface area contributed by atoms with Crippen LogP contribution in [0, 0.1) is 23.3 Å². The second-order valence-electron chi connectivity index (χ2n) is 12.4. The number of halogens is 4. The normalized spacial score (nSPS) is 19.1. The Labute approximate surface area is 271 Å². The van der Waals surface area contributed by atoms with Crippen LogP contribution in [0.25, 0.3) is 5.57 Å². The second kappa shape index (κ2) is 13.8. The van der Waals surface area contributed by atoms with Crippen molar-refractivity contribution in [3.63, 3.8) is 0 Å². The molecule has 1 N–H and O–H groups in total. The molecule has 2 heterocycles. The minimum atomic E-state index is -1.35. The molecule has 0 aromatic heterocycles. The molecule has 2 fully saturated rings. The Bertz CT molecular complexity index is 1690. The Morgan fingerprint density at radius 1 is 0.979 bits per heavy atom.